The van der Waals surface area contributed by atoms with Crippen molar-refractivity contribution < 1.29 is 19.1 Å². The van der Waals surface area contributed by atoms with E-state index in [-0.39, 0.29) is 5.97 Å². The lowest BCUT2D eigenvalue weighted by molar-refractivity contribution is -0.151. The Bertz CT molecular complexity index is 349. The lowest BCUT2D eigenvalue weighted by atomic mass is 9.98. The molecule has 128 valence electrons. The number of ether oxygens (including phenoxy) is 2. The smallest absolute Gasteiger partial charge is 0.408 e. The van der Waals surface area contributed by atoms with E-state index in [1.54, 1.807) is 0 Å². The van der Waals surface area contributed by atoms with E-state index in [1.165, 1.54) is 0 Å². The van der Waals surface area contributed by atoms with Crippen molar-refractivity contribution in [2.75, 3.05) is 13.2 Å². The number of carbonyl (C=O) groups is 2. The van der Waals surface area contributed by atoms with Crippen LogP contribution in [0, 0.1) is 5.92 Å². The number of carbonyl (C=O) groups excluding carboxylic acids is 2. The van der Waals surface area contributed by atoms with Crippen LogP contribution in [0.15, 0.2) is 0 Å². The van der Waals surface area contributed by atoms with Crippen LogP contribution in [0.25, 0.3) is 0 Å². The fourth-order valence-corrected chi connectivity index (χ4v) is 2.69. The van der Waals surface area contributed by atoms with E-state index >= 15 is 0 Å². The number of alkyl carbamates (subject to hydrolysis) is 1. The van der Waals surface area contributed by atoms with Gasteiger partial charge in [-0.25, -0.2) is 9.59 Å². The average molecular weight is 313 g/mol. The molecule has 0 aromatic heterocycles. The molecule has 1 saturated carbocycles. The molecule has 0 unspecified atom stereocenters. The maximum Gasteiger partial charge on any atom is 0.408 e. The van der Waals surface area contributed by atoms with E-state index in [4.69, 9.17) is 9.47 Å². The van der Waals surface area contributed by atoms with Gasteiger partial charge in [-0.15, -0.1) is 0 Å². The van der Waals surface area contributed by atoms with E-state index in [1.807, 2.05) is 6.92 Å². The van der Waals surface area contributed by atoms with E-state index in [9.17, 15) is 9.59 Å². The van der Waals surface area contributed by atoms with Gasteiger partial charge in [0.05, 0.1) is 13.2 Å². The molecule has 22 heavy (non-hydrogen) atoms. The number of nitrogens with one attached hydrogen (secondary N) is 1. The standard InChI is InChI=1S/C17H31NO4/c1-4-5-12-22-16(20)18-17(10-6-7-11-17)15(19)21-13-8-9-14(2)3/h14H,4-13H2,1-3H3,(H,18,20). The zero-order valence-electron chi connectivity index (χ0n) is 14.3. The molecule has 1 N–H and O–H groups in total. The monoisotopic (exact) mass is 313 g/mol. The highest BCUT2D eigenvalue weighted by atomic mass is 16.6. The van der Waals surface area contributed by atoms with Gasteiger partial charge in [0.1, 0.15) is 5.54 Å². The highest BCUT2D eigenvalue weighted by Gasteiger charge is 2.44. The van der Waals surface area contributed by atoms with Gasteiger partial charge < -0.3 is 14.8 Å². The second-order valence-electron chi connectivity index (χ2n) is 6.58. The number of esters is 1. The quantitative estimate of drug-likeness (QED) is 0.519. The molecule has 0 heterocycles. The first-order chi connectivity index (χ1) is 10.5. The first-order valence-corrected chi connectivity index (χ1v) is 8.62. The van der Waals surface area contributed by atoms with Gasteiger partial charge in [-0.05, 0) is 38.0 Å². The van der Waals surface area contributed by atoms with Gasteiger partial charge in [0.25, 0.3) is 0 Å². The Labute approximate surface area is 134 Å². The molecule has 0 radical (unpaired) electrons. The fourth-order valence-electron chi connectivity index (χ4n) is 2.69. The number of amides is 1. The molecular weight excluding hydrogens is 282 g/mol. The van der Waals surface area contributed by atoms with Crippen LogP contribution in [0.1, 0.15) is 72.1 Å². The Morgan fingerprint density at radius 3 is 2.32 bits per heavy atom. The lowest BCUT2D eigenvalue weighted by Gasteiger charge is -2.27. The molecular formula is C17H31NO4. The van der Waals surface area contributed by atoms with Crippen molar-refractivity contribution in [2.24, 2.45) is 5.92 Å². The predicted molar refractivity (Wildman–Crippen MR) is 85.6 cm³/mol. The van der Waals surface area contributed by atoms with Crippen molar-refractivity contribution in [1.82, 2.24) is 5.32 Å². The Kier molecular flexibility index (Phi) is 8.28. The third-order valence-electron chi connectivity index (χ3n) is 4.08. The van der Waals surface area contributed by atoms with Gasteiger partial charge >= 0.3 is 12.1 Å². The molecule has 0 bridgehead atoms. The largest absolute Gasteiger partial charge is 0.464 e. The van der Waals surface area contributed by atoms with E-state index in [0.29, 0.717) is 32.0 Å². The van der Waals surface area contributed by atoms with Crippen molar-refractivity contribution >= 4 is 12.1 Å². The predicted octanol–water partition coefficient (Wildman–Crippen LogP) is 3.80. The van der Waals surface area contributed by atoms with Crippen LogP contribution < -0.4 is 5.32 Å². The van der Waals surface area contributed by atoms with E-state index in [2.05, 4.69) is 19.2 Å². The molecule has 5 heteroatoms. The van der Waals surface area contributed by atoms with Crippen molar-refractivity contribution in [2.45, 2.75) is 77.7 Å². The Morgan fingerprint density at radius 2 is 1.73 bits per heavy atom. The van der Waals surface area contributed by atoms with Crippen molar-refractivity contribution in [1.29, 1.82) is 0 Å². The highest BCUT2D eigenvalue weighted by molar-refractivity contribution is 5.86. The molecule has 5 nitrogen and oxygen atoms in total. The summed E-state index contributed by atoms with van der Waals surface area (Å²) in [4.78, 5) is 24.2. The third-order valence-corrected chi connectivity index (χ3v) is 4.08. The summed E-state index contributed by atoms with van der Waals surface area (Å²) >= 11 is 0. The third kappa shape index (κ3) is 6.24. The minimum Gasteiger partial charge on any atom is -0.464 e. The van der Waals surface area contributed by atoms with Crippen LogP contribution in [0.3, 0.4) is 0 Å². The number of hydrogen-bond acceptors (Lipinski definition) is 4. The number of unbranched alkanes of at least 4 members (excludes halogenated alkanes) is 1. The van der Waals surface area contributed by atoms with Crippen LogP contribution >= 0.6 is 0 Å². The van der Waals surface area contributed by atoms with Gasteiger partial charge in [-0.1, -0.05) is 40.0 Å². The number of rotatable bonds is 9. The molecule has 0 aromatic carbocycles. The molecule has 1 aliphatic carbocycles. The van der Waals surface area contributed by atoms with Gasteiger partial charge in [0.2, 0.25) is 0 Å². The van der Waals surface area contributed by atoms with Crippen LogP contribution in [-0.4, -0.2) is 30.8 Å². The van der Waals surface area contributed by atoms with Crippen LogP contribution in [0.2, 0.25) is 0 Å². The van der Waals surface area contributed by atoms with E-state index in [0.717, 1.165) is 38.5 Å². The van der Waals surface area contributed by atoms with Crippen molar-refractivity contribution in [3.8, 4) is 0 Å². The molecule has 0 spiro atoms. The normalized spacial score (nSPS) is 16.5. The summed E-state index contributed by atoms with van der Waals surface area (Å²) in [5.41, 5.74) is -0.874. The molecule has 1 fully saturated rings. The summed E-state index contributed by atoms with van der Waals surface area (Å²) in [6.45, 7) is 7.14. The highest BCUT2D eigenvalue weighted by Crippen LogP contribution is 2.31. The van der Waals surface area contributed by atoms with Crippen LogP contribution in [0.4, 0.5) is 4.79 Å². The Balaban J connectivity index is 2.44. The van der Waals surface area contributed by atoms with Crippen molar-refractivity contribution in [3.63, 3.8) is 0 Å². The Hall–Kier alpha value is -1.26. The first-order valence-electron chi connectivity index (χ1n) is 8.62. The maximum atomic E-state index is 12.4. The summed E-state index contributed by atoms with van der Waals surface area (Å²) in [5.74, 6) is 0.298. The van der Waals surface area contributed by atoms with Gasteiger partial charge in [0, 0.05) is 0 Å². The van der Waals surface area contributed by atoms with Crippen molar-refractivity contribution in [3.05, 3.63) is 0 Å². The lowest BCUT2D eigenvalue weighted by Crippen LogP contribution is -2.53. The Morgan fingerprint density at radius 1 is 1.09 bits per heavy atom. The number of hydrogen-bond donors (Lipinski definition) is 1. The van der Waals surface area contributed by atoms with E-state index < -0.39 is 11.6 Å². The van der Waals surface area contributed by atoms with Crippen LogP contribution in [-0.2, 0) is 14.3 Å². The zero-order chi connectivity index (χ0) is 16.4. The summed E-state index contributed by atoms with van der Waals surface area (Å²) in [5, 5.41) is 2.77. The minimum absolute atomic E-state index is 0.304. The maximum absolute atomic E-state index is 12.4. The molecule has 0 atom stereocenters. The van der Waals surface area contributed by atoms with Gasteiger partial charge in [0.15, 0.2) is 0 Å². The summed E-state index contributed by atoms with van der Waals surface area (Å²) in [7, 11) is 0. The first kappa shape index (κ1) is 18.8. The second-order valence-corrected chi connectivity index (χ2v) is 6.58. The second kappa shape index (κ2) is 9.70. The summed E-state index contributed by atoms with van der Waals surface area (Å²) in [6.07, 6.45) is 6.32. The summed E-state index contributed by atoms with van der Waals surface area (Å²) in [6, 6.07) is 0. The molecule has 1 amide bonds. The molecule has 1 aliphatic rings. The van der Waals surface area contributed by atoms with Gasteiger partial charge in [-0.2, -0.15) is 0 Å². The minimum atomic E-state index is -0.874. The average Bonchev–Trinajstić information content (AvgIpc) is 2.93. The van der Waals surface area contributed by atoms with Crippen LogP contribution in [0.5, 0.6) is 0 Å². The molecule has 1 rings (SSSR count). The molecule has 0 aromatic rings. The zero-order valence-corrected chi connectivity index (χ0v) is 14.3. The SMILES string of the molecule is CCCCOC(=O)NC1(C(=O)OCCCC(C)C)CCCC1. The topological polar surface area (TPSA) is 64.6 Å². The summed E-state index contributed by atoms with van der Waals surface area (Å²) < 4.78 is 10.5. The molecule has 0 aliphatic heterocycles. The van der Waals surface area contributed by atoms with Gasteiger partial charge in [-0.3, -0.25) is 0 Å². The fraction of sp³-hybridized carbons (Fsp3) is 0.882. The molecule has 0 saturated heterocycles.